The van der Waals surface area contributed by atoms with E-state index in [9.17, 15) is 8.42 Å². The third kappa shape index (κ3) is 2.34. The molecule has 90 valence electrons. The van der Waals surface area contributed by atoms with Gasteiger partial charge in [-0.3, -0.25) is 0 Å². The minimum Gasteiger partial charge on any atom is -0.396 e. The van der Waals surface area contributed by atoms with Crippen LogP contribution in [-0.2, 0) is 9.84 Å². The molecule has 0 amide bonds. The lowest BCUT2D eigenvalue weighted by atomic mass is 10.3. The molecule has 0 atom stereocenters. The Morgan fingerprint density at radius 3 is 2.71 bits per heavy atom. The second-order valence-corrected chi connectivity index (χ2v) is 6.44. The Morgan fingerprint density at radius 1 is 1.41 bits per heavy atom. The molecule has 2 rings (SSSR count). The summed E-state index contributed by atoms with van der Waals surface area (Å²) >= 11 is 3.31. The first-order valence-corrected chi connectivity index (χ1v) is 7.37. The SMILES string of the molecule is CS(=O)(=O)c1cnn(-c2cccc(Br)c2N)c1. The first-order chi connectivity index (χ1) is 7.89. The average molecular weight is 316 g/mol. The Hall–Kier alpha value is -1.34. The molecule has 7 heteroatoms. The van der Waals surface area contributed by atoms with Gasteiger partial charge in [0.05, 0.1) is 17.6 Å². The molecule has 1 heterocycles. The van der Waals surface area contributed by atoms with E-state index in [4.69, 9.17) is 5.73 Å². The van der Waals surface area contributed by atoms with E-state index in [1.54, 1.807) is 18.2 Å². The van der Waals surface area contributed by atoms with Gasteiger partial charge in [0.15, 0.2) is 9.84 Å². The maximum absolute atomic E-state index is 11.3. The zero-order valence-electron chi connectivity index (χ0n) is 8.96. The lowest BCUT2D eigenvalue weighted by molar-refractivity contribution is 0.602. The van der Waals surface area contributed by atoms with Crippen molar-refractivity contribution in [3.63, 3.8) is 0 Å². The molecule has 0 radical (unpaired) electrons. The van der Waals surface area contributed by atoms with Crippen LogP contribution in [0.15, 0.2) is 40.0 Å². The maximum atomic E-state index is 11.3. The van der Waals surface area contributed by atoms with E-state index in [0.717, 1.165) is 10.7 Å². The second-order valence-electron chi connectivity index (χ2n) is 3.57. The highest BCUT2D eigenvalue weighted by Crippen LogP contribution is 2.26. The van der Waals surface area contributed by atoms with Crippen molar-refractivity contribution < 1.29 is 8.42 Å². The van der Waals surface area contributed by atoms with E-state index in [2.05, 4.69) is 21.0 Å². The number of benzene rings is 1. The molecule has 0 saturated heterocycles. The number of para-hydroxylation sites is 1. The fourth-order valence-electron chi connectivity index (χ4n) is 1.35. The molecule has 17 heavy (non-hydrogen) atoms. The standard InChI is InChI=1S/C10H10BrN3O2S/c1-17(15,16)7-5-13-14(6-7)9-4-2-3-8(11)10(9)12/h2-6H,12H2,1H3. The summed E-state index contributed by atoms with van der Waals surface area (Å²) in [6, 6.07) is 5.37. The van der Waals surface area contributed by atoms with Gasteiger partial charge in [-0.15, -0.1) is 0 Å². The van der Waals surface area contributed by atoms with Crippen LogP contribution >= 0.6 is 15.9 Å². The third-order valence-electron chi connectivity index (χ3n) is 2.26. The zero-order valence-corrected chi connectivity index (χ0v) is 11.4. The highest BCUT2D eigenvalue weighted by Gasteiger charge is 2.12. The van der Waals surface area contributed by atoms with E-state index in [1.165, 1.54) is 17.1 Å². The van der Waals surface area contributed by atoms with E-state index < -0.39 is 9.84 Å². The Balaban J connectivity index is 2.55. The van der Waals surface area contributed by atoms with Crippen molar-refractivity contribution in [3.05, 3.63) is 35.1 Å². The Kier molecular flexibility index (Phi) is 2.96. The van der Waals surface area contributed by atoms with Crippen molar-refractivity contribution >= 4 is 31.5 Å². The van der Waals surface area contributed by atoms with E-state index in [0.29, 0.717) is 11.4 Å². The summed E-state index contributed by atoms with van der Waals surface area (Å²) in [5.74, 6) is 0. The Labute approximate surface area is 107 Å². The van der Waals surface area contributed by atoms with Crippen LogP contribution in [0.5, 0.6) is 0 Å². The molecular formula is C10H10BrN3O2S. The topological polar surface area (TPSA) is 78.0 Å². The zero-order chi connectivity index (χ0) is 12.6. The monoisotopic (exact) mass is 315 g/mol. The number of hydrogen-bond donors (Lipinski definition) is 1. The lowest BCUT2D eigenvalue weighted by Crippen LogP contribution is -2.01. The van der Waals surface area contributed by atoms with Gasteiger partial charge in [-0.25, -0.2) is 13.1 Å². The van der Waals surface area contributed by atoms with Gasteiger partial charge >= 0.3 is 0 Å². The number of nitrogen functional groups attached to an aromatic ring is 1. The number of aromatic nitrogens is 2. The number of rotatable bonds is 2. The van der Waals surface area contributed by atoms with Gasteiger partial charge in [0.1, 0.15) is 4.90 Å². The molecule has 0 aliphatic rings. The Bertz CT molecular complexity index is 664. The summed E-state index contributed by atoms with van der Waals surface area (Å²) < 4.78 is 24.9. The molecule has 0 fully saturated rings. The molecular weight excluding hydrogens is 306 g/mol. The van der Waals surface area contributed by atoms with Crippen LogP contribution in [-0.4, -0.2) is 24.5 Å². The summed E-state index contributed by atoms with van der Waals surface area (Å²) in [5.41, 5.74) is 7.02. The fraction of sp³-hybridized carbons (Fsp3) is 0.100. The van der Waals surface area contributed by atoms with Crippen LogP contribution in [0.1, 0.15) is 0 Å². The summed E-state index contributed by atoms with van der Waals surface area (Å²) in [6.07, 6.45) is 3.88. The van der Waals surface area contributed by atoms with Crippen molar-refractivity contribution in [2.45, 2.75) is 4.90 Å². The van der Waals surface area contributed by atoms with Gasteiger partial charge in [-0.05, 0) is 28.1 Å². The molecule has 0 aliphatic carbocycles. The number of halogens is 1. The Morgan fingerprint density at radius 2 is 2.12 bits per heavy atom. The summed E-state index contributed by atoms with van der Waals surface area (Å²) in [5, 5.41) is 3.99. The predicted octanol–water partition coefficient (Wildman–Crippen LogP) is 1.62. The van der Waals surface area contributed by atoms with Gasteiger partial charge in [0.25, 0.3) is 0 Å². The average Bonchev–Trinajstić information content (AvgIpc) is 2.70. The van der Waals surface area contributed by atoms with Gasteiger partial charge in [0, 0.05) is 16.9 Å². The van der Waals surface area contributed by atoms with Gasteiger partial charge in [-0.2, -0.15) is 5.10 Å². The van der Waals surface area contributed by atoms with Crippen molar-refractivity contribution in [1.82, 2.24) is 9.78 Å². The van der Waals surface area contributed by atoms with Crippen LogP contribution in [0.25, 0.3) is 5.69 Å². The highest BCUT2D eigenvalue weighted by molar-refractivity contribution is 9.10. The largest absolute Gasteiger partial charge is 0.396 e. The molecule has 2 N–H and O–H groups in total. The second kappa shape index (κ2) is 4.15. The molecule has 0 aliphatic heterocycles. The quantitative estimate of drug-likeness (QED) is 0.854. The molecule has 5 nitrogen and oxygen atoms in total. The number of hydrogen-bond acceptors (Lipinski definition) is 4. The van der Waals surface area contributed by atoms with Crippen LogP contribution in [0.4, 0.5) is 5.69 Å². The third-order valence-corrected chi connectivity index (χ3v) is 4.02. The minimum atomic E-state index is -3.25. The van der Waals surface area contributed by atoms with Gasteiger partial charge in [0.2, 0.25) is 0 Å². The van der Waals surface area contributed by atoms with Gasteiger partial charge in [-0.1, -0.05) is 6.07 Å². The van der Waals surface area contributed by atoms with E-state index in [1.807, 2.05) is 0 Å². The van der Waals surface area contributed by atoms with Crippen LogP contribution in [0, 0.1) is 0 Å². The fourth-order valence-corrected chi connectivity index (χ4v) is 2.24. The molecule has 0 unspecified atom stereocenters. The van der Waals surface area contributed by atoms with Crippen molar-refractivity contribution in [2.75, 3.05) is 12.0 Å². The lowest BCUT2D eigenvalue weighted by Gasteiger charge is -2.06. The summed E-state index contributed by atoms with van der Waals surface area (Å²) in [7, 11) is -3.25. The number of nitrogens with zero attached hydrogens (tertiary/aromatic N) is 2. The normalized spacial score (nSPS) is 11.6. The molecule has 0 bridgehead atoms. The molecule has 0 saturated carbocycles. The molecule has 1 aromatic carbocycles. The van der Waals surface area contributed by atoms with Crippen LogP contribution in [0.3, 0.4) is 0 Å². The van der Waals surface area contributed by atoms with Gasteiger partial charge < -0.3 is 5.73 Å². The minimum absolute atomic E-state index is 0.164. The maximum Gasteiger partial charge on any atom is 0.178 e. The first kappa shape index (κ1) is 12.1. The van der Waals surface area contributed by atoms with Crippen molar-refractivity contribution in [1.29, 1.82) is 0 Å². The highest BCUT2D eigenvalue weighted by atomic mass is 79.9. The predicted molar refractivity (Wildman–Crippen MR) is 68.8 cm³/mol. The molecule has 0 spiro atoms. The summed E-state index contributed by atoms with van der Waals surface area (Å²) in [4.78, 5) is 0.164. The van der Waals surface area contributed by atoms with Crippen LogP contribution in [0.2, 0.25) is 0 Å². The number of anilines is 1. The van der Waals surface area contributed by atoms with Crippen molar-refractivity contribution in [3.8, 4) is 5.69 Å². The van der Waals surface area contributed by atoms with Crippen molar-refractivity contribution in [2.24, 2.45) is 0 Å². The number of sulfone groups is 1. The van der Waals surface area contributed by atoms with E-state index >= 15 is 0 Å². The molecule has 1 aromatic heterocycles. The number of nitrogens with two attached hydrogens (primary N) is 1. The van der Waals surface area contributed by atoms with Crippen LogP contribution < -0.4 is 5.73 Å². The molecule has 2 aromatic rings. The summed E-state index contributed by atoms with van der Waals surface area (Å²) in [6.45, 7) is 0. The van der Waals surface area contributed by atoms with E-state index in [-0.39, 0.29) is 4.90 Å². The first-order valence-electron chi connectivity index (χ1n) is 4.68. The smallest absolute Gasteiger partial charge is 0.178 e.